The minimum atomic E-state index is 0. The van der Waals surface area contributed by atoms with Crippen LogP contribution in [0.5, 0.6) is 0 Å². The molecule has 1 aromatic carbocycles. The van der Waals surface area contributed by atoms with Crippen molar-refractivity contribution >= 4 is 41.3 Å². The number of hydrogen-bond donors (Lipinski definition) is 2. The minimum absolute atomic E-state index is 0. The summed E-state index contributed by atoms with van der Waals surface area (Å²) >= 11 is 1.77. The topological polar surface area (TPSA) is 58.5 Å². The summed E-state index contributed by atoms with van der Waals surface area (Å²) in [4.78, 5) is 10.6. The summed E-state index contributed by atoms with van der Waals surface area (Å²) in [5.41, 5.74) is 3.52. The smallest absolute Gasteiger partial charge is 0.191 e. The van der Waals surface area contributed by atoms with Gasteiger partial charge in [0.15, 0.2) is 5.96 Å². The number of aromatic nitrogens is 1. The molecule has 2 N–H and O–H groups in total. The first-order chi connectivity index (χ1) is 12.6. The zero-order valence-electron chi connectivity index (χ0n) is 16.7. The predicted octanol–water partition coefficient (Wildman–Crippen LogP) is 4.21. The highest BCUT2D eigenvalue weighted by atomic mass is 127. The third-order valence-electron chi connectivity index (χ3n) is 3.96. The summed E-state index contributed by atoms with van der Waals surface area (Å²) in [6.07, 6.45) is 0.913. The number of halogens is 1. The van der Waals surface area contributed by atoms with Gasteiger partial charge < -0.3 is 15.4 Å². The van der Waals surface area contributed by atoms with Gasteiger partial charge in [-0.1, -0.05) is 24.3 Å². The Balaban J connectivity index is 0.00000364. The highest BCUT2D eigenvalue weighted by Gasteiger charge is 2.04. The molecule has 150 valence electrons. The summed E-state index contributed by atoms with van der Waals surface area (Å²) < 4.78 is 5.43. The maximum Gasteiger partial charge on any atom is 0.191 e. The largest absolute Gasteiger partial charge is 0.377 e. The predicted molar refractivity (Wildman–Crippen MR) is 125 cm³/mol. The molecule has 1 heterocycles. The van der Waals surface area contributed by atoms with Crippen LogP contribution in [0.1, 0.15) is 40.6 Å². The summed E-state index contributed by atoms with van der Waals surface area (Å²) in [6.45, 7) is 12.0. The van der Waals surface area contributed by atoms with Crippen molar-refractivity contribution in [1.29, 1.82) is 0 Å². The van der Waals surface area contributed by atoms with E-state index in [1.165, 1.54) is 21.0 Å². The highest BCUT2D eigenvalue weighted by molar-refractivity contribution is 14.0. The Morgan fingerprint density at radius 2 is 1.81 bits per heavy atom. The van der Waals surface area contributed by atoms with Crippen molar-refractivity contribution in [2.75, 3.05) is 19.7 Å². The van der Waals surface area contributed by atoms with Gasteiger partial charge in [0.25, 0.3) is 0 Å². The van der Waals surface area contributed by atoms with E-state index in [-0.39, 0.29) is 24.0 Å². The molecule has 0 amide bonds. The molecule has 0 spiro atoms. The van der Waals surface area contributed by atoms with Gasteiger partial charge in [0.1, 0.15) is 0 Å². The van der Waals surface area contributed by atoms with Crippen molar-refractivity contribution < 1.29 is 4.74 Å². The number of aliphatic imine (C=N–C) groups is 1. The number of guanidine groups is 1. The van der Waals surface area contributed by atoms with Gasteiger partial charge in [0, 0.05) is 31.0 Å². The molecule has 2 rings (SSSR count). The number of thiazole rings is 1. The number of hydrogen-bond acceptors (Lipinski definition) is 4. The van der Waals surface area contributed by atoms with E-state index in [0.717, 1.165) is 37.8 Å². The lowest BCUT2D eigenvalue weighted by molar-refractivity contribution is 0.134. The van der Waals surface area contributed by atoms with E-state index in [2.05, 4.69) is 65.6 Å². The molecule has 0 unspecified atom stereocenters. The lowest BCUT2D eigenvalue weighted by atomic mass is 10.1. The lowest BCUT2D eigenvalue weighted by Crippen LogP contribution is -2.38. The van der Waals surface area contributed by atoms with Crippen molar-refractivity contribution in [3.05, 3.63) is 51.0 Å². The van der Waals surface area contributed by atoms with Crippen LogP contribution in [0.2, 0.25) is 0 Å². The maximum atomic E-state index is 5.43. The maximum absolute atomic E-state index is 5.43. The Morgan fingerprint density at radius 1 is 1.11 bits per heavy atom. The molecule has 5 nitrogen and oxygen atoms in total. The van der Waals surface area contributed by atoms with Crippen molar-refractivity contribution in [3.63, 3.8) is 0 Å². The molecule has 7 heteroatoms. The number of nitrogens with zero attached hydrogens (tertiary/aromatic N) is 2. The van der Waals surface area contributed by atoms with Gasteiger partial charge in [-0.3, -0.25) is 0 Å². The van der Waals surface area contributed by atoms with Crippen molar-refractivity contribution in [2.24, 2.45) is 4.99 Å². The first kappa shape index (κ1) is 23.8. The fourth-order valence-corrected chi connectivity index (χ4v) is 3.34. The first-order valence-electron chi connectivity index (χ1n) is 9.23. The van der Waals surface area contributed by atoms with E-state index in [4.69, 9.17) is 4.74 Å². The highest BCUT2D eigenvalue weighted by Crippen LogP contribution is 2.16. The monoisotopic (exact) mass is 502 g/mol. The fourth-order valence-electron chi connectivity index (χ4n) is 2.41. The molecule has 0 saturated heterocycles. The van der Waals surface area contributed by atoms with Gasteiger partial charge in [-0.25, -0.2) is 9.98 Å². The van der Waals surface area contributed by atoms with Gasteiger partial charge in [0.05, 0.1) is 23.9 Å². The Morgan fingerprint density at radius 3 is 2.41 bits per heavy atom. The minimum Gasteiger partial charge on any atom is -0.377 e. The summed E-state index contributed by atoms with van der Waals surface area (Å²) in [5.74, 6) is 0.843. The second-order valence-corrected chi connectivity index (χ2v) is 7.36. The normalized spacial score (nSPS) is 11.2. The van der Waals surface area contributed by atoms with E-state index in [1.807, 2.05) is 6.92 Å². The van der Waals surface area contributed by atoms with Gasteiger partial charge in [-0.15, -0.1) is 35.3 Å². The number of nitrogens with one attached hydrogen (secondary N) is 2. The van der Waals surface area contributed by atoms with Crippen LogP contribution in [0.4, 0.5) is 0 Å². The van der Waals surface area contributed by atoms with Crippen LogP contribution in [-0.4, -0.2) is 30.6 Å². The van der Waals surface area contributed by atoms with Gasteiger partial charge in [-0.05, 0) is 38.8 Å². The molecule has 0 bridgehead atoms. The van der Waals surface area contributed by atoms with Crippen LogP contribution >= 0.6 is 35.3 Å². The second-order valence-electron chi connectivity index (χ2n) is 6.07. The van der Waals surface area contributed by atoms with Gasteiger partial charge in [-0.2, -0.15) is 0 Å². The second kappa shape index (κ2) is 13.1. The van der Waals surface area contributed by atoms with Gasteiger partial charge >= 0.3 is 0 Å². The molecule has 1 aromatic heterocycles. The molecule has 0 saturated carbocycles. The Bertz CT molecular complexity index is 681. The molecular weight excluding hydrogens is 471 g/mol. The van der Waals surface area contributed by atoms with Crippen molar-refractivity contribution in [1.82, 2.24) is 15.6 Å². The van der Waals surface area contributed by atoms with E-state index < -0.39 is 0 Å². The molecule has 2 aromatic rings. The SMILES string of the molecule is CCNC(=NCc1ccc(COCC)cc1)NCCc1nc(C)c(C)s1.I. The molecular formula is C20H31IN4OS. The van der Waals surface area contributed by atoms with E-state index in [9.17, 15) is 0 Å². The number of rotatable bonds is 9. The fraction of sp³-hybridized carbons (Fsp3) is 0.500. The van der Waals surface area contributed by atoms with Crippen molar-refractivity contribution in [2.45, 2.75) is 47.3 Å². The van der Waals surface area contributed by atoms with E-state index in [0.29, 0.717) is 13.2 Å². The zero-order valence-corrected chi connectivity index (χ0v) is 19.8. The molecule has 27 heavy (non-hydrogen) atoms. The molecule has 0 radical (unpaired) electrons. The number of aryl methyl sites for hydroxylation is 2. The lowest BCUT2D eigenvalue weighted by Gasteiger charge is -2.11. The van der Waals surface area contributed by atoms with Crippen LogP contribution in [-0.2, 0) is 24.3 Å². The third-order valence-corrected chi connectivity index (χ3v) is 5.10. The molecule has 0 fully saturated rings. The molecule has 0 atom stereocenters. The van der Waals surface area contributed by atoms with Crippen LogP contribution in [0.25, 0.3) is 0 Å². The van der Waals surface area contributed by atoms with Crippen LogP contribution in [0.3, 0.4) is 0 Å². The average molecular weight is 502 g/mol. The molecule has 0 aliphatic carbocycles. The van der Waals surface area contributed by atoms with E-state index in [1.54, 1.807) is 11.3 Å². The van der Waals surface area contributed by atoms with Crippen LogP contribution in [0, 0.1) is 13.8 Å². The van der Waals surface area contributed by atoms with Crippen LogP contribution < -0.4 is 10.6 Å². The molecule has 0 aliphatic heterocycles. The summed E-state index contributed by atoms with van der Waals surface area (Å²) in [5, 5.41) is 7.86. The standard InChI is InChI=1S/C20H30N4OS.HI/c1-5-21-20(22-12-11-19-24-15(3)16(4)26-19)23-13-17-7-9-18(10-8-17)14-25-6-2;/h7-10H,5-6,11-14H2,1-4H3,(H2,21,22,23);1H. The van der Waals surface area contributed by atoms with Crippen LogP contribution in [0.15, 0.2) is 29.3 Å². The number of benzene rings is 1. The Kier molecular flexibility index (Phi) is 11.5. The average Bonchev–Trinajstić information content (AvgIpc) is 2.96. The van der Waals surface area contributed by atoms with Gasteiger partial charge in [0.2, 0.25) is 0 Å². The Labute approximate surface area is 184 Å². The quantitative estimate of drug-likeness (QED) is 0.307. The summed E-state index contributed by atoms with van der Waals surface area (Å²) in [6, 6.07) is 8.44. The number of ether oxygens (including phenoxy) is 1. The van der Waals surface area contributed by atoms with E-state index >= 15 is 0 Å². The Hall–Kier alpha value is -1.19. The first-order valence-corrected chi connectivity index (χ1v) is 10.0. The van der Waals surface area contributed by atoms with Crippen molar-refractivity contribution in [3.8, 4) is 0 Å². The third kappa shape index (κ3) is 8.57. The summed E-state index contributed by atoms with van der Waals surface area (Å²) in [7, 11) is 0. The molecule has 0 aliphatic rings. The zero-order chi connectivity index (χ0) is 18.8.